The van der Waals surface area contributed by atoms with Crippen molar-refractivity contribution < 1.29 is 44.1 Å². The minimum absolute atomic E-state index is 0.0824. The molecule has 4 amide bonds. The summed E-state index contributed by atoms with van der Waals surface area (Å²) in [6.07, 6.45) is -0.664. The Labute approximate surface area is 200 Å². The van der Waals surface area contributed by atoms with Crippen LogP contribution in [-0.4, -0.2) is 93.2 Å². The molecule has 5 unspecified atom stereocenters. The lowest BCUT2D eigenvalue weighted by molar-refractivity contribution is -0.143. The normalized spacial score (nSPS) is 15.2. The molecule has 0 saturated carbocycles. The molecular weight excluding hydrogens is 474 g/mol. The number of carbonyl (C=O) groups excluding carboxylic acids is 4. The molecule has 0 aliphatic carbocycles. The third-order valence-corrected chi connectivity index (χ3v) is 5.25. The Hall–Kier alpha value is -2.91. The molecule has 0 fully saturated rings. The fraction of sp³-hybridized carbons (Fsp3) is 0.684. The predicted molar refractivity (Wildman–Crippen MR) is 121 cm³/mol. The molecule has 15 heteroatoms. The summed E-state index contributed by atoms with van der Waals surface area (Å²) < 4.78 is 0. The van der Waals surface area contributed by atoms with Crippen LogP contribution in [-0.2, 0) is 28.8 Å². The number of hydrogen-bond donors (Lipinski definition) is 8. The van der Waals surface area contributed by atoms with Crippen LogP contribution in [0.15, 0.2) is 0 Å². The highest BCUT2D eigenvalue weighted by atomic mass is 32.2. The average Bonchev–Trinajstić information content (AvgIpc) is 2.74. The van der Waals surface area contributed by atoms with Gasteiger partial charge in [0, 0.05) is 12.8 Å². The highest BCUT2D eigenvalue weighted by molar-refractivity contribution is 7.98. The second-order valence-corrected chi connectivity index (χ2v) is 8.50. The number of thioether (sulfide) groups is 1. The molecule has 10 N–H and O–H groups in total. The summed E-state index contributed by atoms with van der Waals surface area (Å²) in [5.74, 6) is -5.57. The molecule has 34 heavy (non-hydrogen) atoms. The monoisotopic (exact) mass is 507 g/mol. The SMILES string of the molecule is CSCCC(NC(=O)C(NC(=O)C(N)CCC(N)=O)C(C)O)C(=O)NC(CCC(=O)O)C(=O)O. The number of aliphatic hydroxyl groups excluding tert-OH is 1. The van der Waals surface area contributed by atoms with E-state index in [-0.39, 0.29) is 25.7 Å². The van der Waals surface area contributed by atoms with Crippen molar-refractivity contribution in [3.8, 4) is 0 Å². The van der Waals surface area contributed by atoms with Gasteiger partial charge in [0.05, 0.1) is 12.1 Å². The number of carboxylic acid groups (broad SMARTS) is 2. The van der Waals surface area contributed by atoms with Gasteiger partial charge in [-0.15, -0.1) is 0 Å². The summed E-state index contributed by atoms with van der Waals surface area (Å²) in [5, 5.41) is 34.8. The largest absolute Gasteiger partial charge is 0.481 e. The van der Waals surface area contributed by atoms with Crippen LogP contribution >= 0.6 is 11.8 Å². The fourth-order valence-electron chi connectivity index (χ4n) is 2.66. The van der Waals surface area contributed by atoms with E-state index in [0.717, 1.165) is 0 Å². The molecule has 0 spiro atoms. The molecular formula is C19H33N5O9S. The first-order valence-corrected chi connectivity index (χ1v) is 11.8. The third-order valence-electron chi connectivity index (χ3n) is 4.61. The van der Waals surface area contributed by atoms with Crippen molar-refractivity contribution >= 4 is 47.3 Å². The van der Waals surface area contributed by atoms with E-state index in [0.29, 0.717) is 5.75 Å². The summed E-state index contributed by atoms with van der Waals surface area (Å²) in [6.45, 7) is 1.22. The quantitative estimate of drug-likeness (QED) is 0.0992. The zero-order valence-electron chi connectivity index (χ0n) is 19.0. The number of aliphatic hydroxyl groups is 1. The lowest BCUT2D eigenvalue weighted by atomic mass is 10.1. The number of amides is 4. The van der Waals surface area contributed by atoms with Crippen molar-refractivity contribution in [1.29, 1.82) is 0 Å². The van der Waals surface area contributed by atoms with Crippen molar-refractivity contribution in [2.24, 2.45) is 11.5 Å². The van der Waals surface area contributed by atoms with Crippen molar-refractivity contribution in [2.75, 3.05) is 12.0 Å². The smallest absolute Gasteiger partial charge is 0.326 e. The van der Waals surface area contributed by atoms with Gasteiger partial charge in [0.2, 0.25) is 23.6 Å². The van der Waals surface area contributed by atoms with Gasteiger partial charge in [0.15, 0.2) is 0 Å². The maximum Gasteiger partial charge on any atom is 0.326 e. The molecule has 5 atom stereocenters. The Balaban J connectivity index is 5.36. The van der Waals surface area contributed by atoms with E-state index in [4.69, 9.17) is 16.6 Å². The van der Waals surface area contributed by atoms with Crippen LogP contribution < -0.4 is 27.4 Å². The summed E-state index contributed by atoms with van der Waals surface area (Å²) in [5.41, 5.74) is 10.7. The van der Waals surface area contributed by atoms with Gasteiger partial charge in [-0.1, -0.05) is 0 Å². The van der Waals surface area contributed by atoms with Crippen LogP contribution in [0.25, 0.3) is 0 Å². The van der Waals surface area contributed by atoms with E-state index in [9.17, 15) is 39.0 Å². The van der Waals surface area contributed by atoms with Crippen LogP contribution in [0.2, 0.25) is 0 Å². The molecule has 0 aliphatic heterocycles. The maximum absolute atomic E-state index is 12.7. The van der Waals surface area contributed by atoms with E-state index in [1.54, 1.807) is 6.26 Å². The average molecular weight is 508 g/mol. The topological polar surface area (TPSA) is 251 Å². The number of carboxylic acids is 2. The van der Waals surface area contributed by atoms with E-state index >= 15 is 0 Å². The van der Waals surface area contributed by atoms with Gasteiger partial charge < -0.3 is 42.7 Å². The number of hydrogen-bond acceptors (Lipinski definition) is 9. The van der Waals surface area contributed by atoms with Crippen LogP contribution in [0, 0.1) is 0 Å². The van der Waals surface area contributed by atoms with Gasteiger partial charge in [-0.05, 0) is 38.2 Å². The van der Waals surface area contributed by atoms with Crippen molar-refractivity contribution in [2.45, 2.75) is 69.3 Å². The van der Waals surface area contributed by atoms with Crippen LogP contribution in [0.1, 0.15) is 39.0 Å². The lowest BCUT2D eigenvalue weighted by Crippen LogP contribution is -2.59. The fourth-order valence-corrected chi connectivity index (χ4v) is 3.13. The van der Waals surface area contributed by atoms with Crippen molar-refractivity contribution in [3.05, 3.63) is 0 Å². The molecule has 0 aliphatic rings. The van der Waals surface area contributed by atoms with E-state index in [1.807, 2.05) is 0 Å². The predicted octanol–water partition coefficient (Wildman–Crippen LogP) is -2.88. The van der Waals surface area contributed by atoms with E-state index in [2.05, 4.69) is 16.0 Å². The summed E-state index contributed by atoms with van der Waals surface area (Å²) in [7, 11) is 0. The first-order valence-electron chi connectivity index (χ1n) is 10.4. The molecule has 0 bridgehead atoms. The van der Waals surface area contributed by atoms with Gasteiger partial charge in [0.25, 0.3) is 0 Å². The van der Waals surface area contributed by atoms with Gasteiger partial charge in [-0.25, -0.2) is 4.79 Å². The zero-order valence-corrected chi connectivity index (χ0v) is 19.8. The molecule has 14 nitrogen and oxygen atoms in total. The van der Waals surface area contributed by atoms with Gasteiger partial charge in [-0.3, -0.25) is 24.0 Å². The first-order chi connectivity index (χ1) is 15.8. The number of primary amides is 1. The maximum atomic E-state index is 12.7. The highest BCUT2D eigenvalue weighted by Gasteiger charge is 2.32. The number of nitrogens with two attached hydrogens (primary N) is 2. The standard InChI is InChI=1S/C19H33N5O9S/c1-9(25)15(24-16(29)10(20)3-5-13(21)26)18(31)22-11(7-8-34-2)17(30)23-12(19(32)33)4-6-14(27)28/h9-12,15,25H,3-8,20H2,1-2H3,(H2,21,26)(H,22,31)(H,23,30)(H,24,29)(H,27,28)(H,32,33). The second kappa shape index (κ2) is 15.8. The lowest BCUT2D eigenvalue weighted by Gasteiger charge is -2.26. The second-order valence-electron chi connectivity index (χ2n) is 7.51. The van der Waals surface area contributed by atoms with Crippen LogP contribution in [0.4, 0.5) is 0 Å². The first kappa shape index (κ1) is 31.1. The third kappa shape index (κ3) is 12.4. The molecule has 0 aromatic rings. The Morgan fingerprint density at radius 1 is 0.853 bits per heavy atom. The van der Waals surface area contributed by atoms with Gasteiger partial charge in [0.1, 0.15) is 18.1 Å². The molecule has 0 saturated heterocycles. The Kier molecular flexibility index (Phi) is 14.5. The molecule has 194 valence electrons. The van der Waals surface area contributed by atoms with E-state index < -0.39 is 72.3 Å². The van der Waals surface area contributed by atoms with Crippen LogP contribution in [0.5, 0.6) is 0 Å². The molecule has 0 aromatic heterocycles. The summed E-state index contributed by atoms with van der Waals surface area (Å²) in [4.78, 5) is 70.6. The molecule has 0 radical (unpaired) electrons. The van der Waals surface area contributed by atoms with Gasteiger partial charge in [-0.2, -0.15) is 11.8 Å². The molecule has 0 aromatic carbocycles. The number of aliphatic carboxylic acids is 2. The Morgan fingerprint density at radius 2 is 1.44 bits per heavy atom. The number of nitrogens with one attached hydrogen (secondary N) is 3. The zero-order chi connectivity index (χ0) is 26.4. The summed E-state index contributed by atoms with van der Waals surface area (Å²) in [6, 6.07) is -5.40. The minimum atomic E-state index is -1.50. The van der Waals surface area contributed by atoms with Crippen molar-refractivity contribution in [1.82, 2.24) is 16.0 Å². The number of rotatable bonds is 17. The van der Waals surface area contributed by atoms with E-state index in [1.165, 1.54) is 18.7 Å². The van der Waals surface area contributed by atoms with Crippen molar-refractivity contribution in [3.63, 3.8) is 0 Å². The van der Waals surface area contributed by atoms with Crippen LogP contribution in [0.3, 0.4) is 0 Å². The molecule has 0 rings (SSSR count). The summed E-state index contributed by atoms with van der Waals surface area (Å²) >= 11 is 1.35. The Morgan fingerprint density at radius 3 is 1.91 bits per heavy atom. The minimum Gasteiger partial charge on any atom is -0.481 e. The Bertz CT molecular complexity index is 750. The number of carbonyl (C=O) groups is 6. The highest BCUT2D eigenvalue weighted by Crippen LogP contribution is 2.06. The van der Waals surface area contributed by atoms with Gasteiger partial charge >= 0.3 is 11.9 Å². The molecule has 0 heterocycles.